The van der Waals surface area contributed by atoms with Gasteiger partial charge in [0.2, 0.25) is 0 Å². The van der Waals surface area contributed by atoms with Gasteiger partial charge < -0.3 is 0 Å². The van der Waals surface area contributed by atoms with Crippen LogP contribution in [0.2, 0.25) is 0 Å². The minimum Gasteiger partial charge on any atom is -0.0841 e. The van der Waals surface area contributed by atoms with E-state index in [0.717, 1.165) is 0 Å². The van der Waals surface area contributed by atoms with Gasteiger partial charge in [-0.1, -0.05) is 44.2 Å². The van der Waals surface area contributed by atoms with E-state index in [4.69, 9.17) is 0 Å². The van der Waals surface area contributed by atoms with Crippen LogP contribution in [0.15, 0.2) is 30.3 Å². The summed E-state index contributed by atoms with van der Waals surface area (Å²) in [5, 5.41) is 0. The molecule has 0 aliphatic heterocycles. The largest absolute Gasteiger partial charge is 0.0841 e. The molecule has 0 saturated carbocycles. The van der Waals surface area contributed by atoms with Crippen molar-refractivity contribution in [1.29, 1.82) is 0 Å². The van der Waals surface area contributed by atoms with Crippen molar-refractivity contribution in [2.45, 2.75) is 34.6 Å². The Balaban J connectivity index is 0.000000671. The molecule has 0 heteroatoms. The quantitative estimate of drug-likeness (QED) is 0.593. The third-order valence-corrected chi connectivity index (χ3v) is 2.00. The van der Waals surface area contributed by atoms with Crippen LogP contribution >= 0.6 is 0 Å². The van der Waals surface area contributed by atoms with Crippen LogP contribution in [0.3, 0.4) is 0 Å². The van der Waals surface area contributed by atoms with E-state index in [9.17, 15) is 0 Å². The van der Waals surface area contributed by atoms with Gasteiger partial charge in [-0.3, -0.25) is 0 Å². The second-order valence-electron chi connectivity index (χ2n) is 2.79. The summed E-state index contributed by atoms with van der Waals surface area (Å²) in [5.41, 5.74) is 4.06. The molecule has 0 radical (unpaired) electrons. The molecule has 0 spiro atoms. The predicted molar refractivity (Wildman–Crippen MR) is 61.9 cm³/mol. The third kappa shape index (κ3) is 3.45. The smallest absolute Gasteiger partial charge is 0.0201 e. The van der Waals surface area contributed by atoms with Crippen molar-refractivity contribution in [2.24, 2.45) is 0 Å². The van der Waals surface area contributed by atoms with Gasteiger partial charge in [0.15, 0.2) is 0 Å². The van der Waals surface area contributed by atoms with Gasteiger partial charge in [0.1, 0.15) is 0 Å². The van der Waals surface area contributed by atoms with Crippen LogP contribution in [0.5, 0.6) is 0 Å². The molecule has 0 aromatic heterocycles. The molecule has 1 rings (SSSR count). The molecule has 1 aromatic carbocycles. The van der Waals surface area contributed by atoms with Crippen molar-refractivity contribution >= 4 is 5.57 Å². The minimum absolute atomic E-state index is 1.35. The lowest BCUT2D eigenvalue weighted by molar-refractivity contribution is 1.40. The number of allylic oxidation sites excluding steroid dienone is 2. The summed E-state index contributed by atoms with van der Waals surface area (Å²) < 4.78 is 0. The first kappa shape index (κ1) is 12.0. The summed E-state index contributed by atoms with van der Waals surface area (Å²) in [4.78, 5) is 0. The average Bonchev–Trinajstić information content (AvgIpc) is 2.20. The number of hydrogen-bond donors (Lipinski definition) is 0. The molecule has 0 heterocycles. The Morgan fingerprint density at radius 2 is 1.69 bits per heavy atom. The van der Waals surface area contributed by atoms with Gasteiger partial charge in [-0.25, -0.2) is 0 Å². The van der Waals surface area contributed by atoms with Crippen molar-refractivity contribution in [3.63, 3.8) is 0 Å². The van der Waals surface area contributed by atoms with E-state index in [1.54, 1.807) is 0 Å². The first-order valence-electron chi connectivity index (χ1n) is 4.94. The summed E-state index contributed by atoms with van der Waals surface area (Å²) in [6.07, 6.45) is 2.14. The van der Waals surface area contributed by atoms with Crippen LogP contribution in [0, 0.1) is 6.92 Å². The second-order valence-corrected chi connectivity index (χ2v) is 2.79. The lowest BCUT2D eigenvalue weighted by atomic mass is 10.0. The third-order valence-electron chi connectivity index (χ3n) is 2.00. The molecule has 0 bridgehead atoms. The molecule has 0 atom stereocenters. The van der Waals surface area contributed by atoms with Gasteiger partial charge >= 0.3 is 0 Å². The zero-order chi connectivity index (χ0) is 10.3. The molecule has 0 aliphatic carbocycles. The fourth-order valence-corrected chi connectivity index (χ4v) is 1.17. The maximum atomic E-state index is 2.16. The van der Waals surface area contributed by atoms with Crippen molar-refractivity contribution in [3.05, 3.63) is 41.5 Å². The molecule has 0 N–H and O–H groups in total. The summed E-state index contributed by atoms with van der Waals surface area (Å²) in [6, 6.07) is 8.45. The first-order valence-corrected chi connectivity index (χ1v) is 4.94. The highest BCUT2D eigenvalue weighted by Gasteiger charge is 1.95. The standard InChI is InChI=1S/C11H14.C2H6/c1-4-9(2)11-8-6-5-7-10(11)3;1-2/h4-8H,1-3H3;1-2H3/b9-4-;. The molecule has 13 heavy (non-hydrogen) atoms. The lowest BCUT2D eigenvalue weighted by Crippen LogP contribution is -1.83. The highest BCUT2D eigenvalue weighted by Crippen LogP contribution is 2.16. The Bertz CT molecular complexity index is 269. The molecule has 0 aliphatic rings. The molecule has 0 unspecified atom stereocenters. The molecular weight excluding hydrogens is 156 g/mol. The molecule has 0 nitrogen and oxygen atoms in total. The monoisotopic (exact) mass is 176 g/mol. The fraction of sp³-hybridized carbons (Fsp3) is 0.385. The van der Waals surface area contributed by atoms with Crippen molar-refractivity contribution in [3.8, 4) is 0 Å². The highest BCUT2D eigenvalue weighted by atomic mass is 14.0. The summed E-state index contributed by atoms with van der Waals surface area (Å²) in [5.74, 6) is 0. The van der Waals surface area contributed by atoms with Gasteiger partial charge in [-0.15, -0.1) is 0 Å². The zero-order valence-electron chi connectivity index (χ0n) is 9.39. The number of aryl methyl sites for hydroxylation is 1. The van der Waals surface area contributed by atoms with Crippen LogP contribution in [-0.4, -0.2) is 0 Å². The Morgan fingerprint density at radius 3 is 2.15 bits per heavy atom. The SMILES string of the molecule is C/C=C(/C)c1ccccc1C.CC. The summed E-state index contributed by atoms with van der Waals surface area (Å²) in [7, 11) is 0. The van der Waals surface area contributed by atoms with Crippen LogP contribution < -0.4 is 0 Å². The Hall–Kier alpha value is -1.04. The predicted octanol–water partition coefficient (Wildman–Crippen LogP) is 4.44. The maximum Gasteiger partial charge on any atom is -0.0201 e. The van der Waals surface area contributed by atoms with Gasteiger partial charge in [0.05, 0.1) is 0 Å². The number of hydrogen-bond acceptors (Lipinski definition) is 0. The average molecular weight is 176 g/mol. The van der Waals surface area contributed by atoms with E-state index in [1.807, 2.05) is 13.8 Å². The van der Waals surface area contributed by atoms with E-state index >= 15 is 0 Å². The summed E-state index contributed by atoms with van der Waals surface area (Å²) >= 11 is 0. The van der Waals surface area contributed by atoms with Crippen LogP contribution in [0.4, 0.5) is 0 Å². The maximum absolute atomic E-state index is 2.16. The summed E-state index contributed by atoms with van der Waals surface area (Å²) in [6.45, 7) is 10.4. The zero-order valence-corrected chi connectivity index (χ0v) is 9.39. The molecule has 1 aromatic rings. The van der Waals surface area contributed by atoms with Gasteiger partial charge in [0, 0.05) is 0 Å². The topological polar surface area (TPSA) is 0 Å². The molecule has 72 valence electrons. The van der Waals surface area contributed by atoms with Crippen LogP contribution in [0.25, 0.3) is 5.57 Å². The number of benzene rings is 1. The fourth-order valence-electron chi connectivity index (χ4n) is 1.17. The van der Waals surface area contributed by atoms with E-state index in [1.165, 1.54) is 16.7 Å². The van der Waals surface area contributed by atoms with E-state index < -0.39 is 0 Å². The normalized spacial score (nSPS) is 10.4. The van der Waals surface area contributed by atoms with E-state index in [-0.39, 0.29) is 0 Å². The van der Waals surface area contributed by atoms with Crippen LogP contribution in [-0.2, 0) is 0 Å². The van der Waals surface area contributed by atoms with Crippen LogP contribution in [0.1, 0.15) is 38.8 Å². The Kier molecular flexibility index (Phi) is 5.96. The van der Waals surface area contributed by atoms with E-state index in [2.05, 4.69) is 51.1 Å². The number of rotatable bonds is 1. The van der Waals surface area contributed by atoms with Gasteiger partial charge in [-0.2, -0.15) is 0 Å². The molecule has 0 saturated heterocycles. The van der Waals surface area contributed by atoms with Crippen molar-refractivity contribution < 1.29 is 0 Å². The van der Waals surface area contributed by atoms with Gasteiger partial charge in [0.25, 0.3) is 0 Å². The Morgan fingerprint density at radius 1 is 1.15 bits per heavy atom. The Labute approximate surface area is 82.3 Å². The minimum atomic E-state index is 1.35. The lowest BCUT2D eigenvalue weighted by Gasteiger charge is -2.03. The highest BCUT2D eigenvalue weighted by molar-refractivity contribution is 5.65. The van der Waals surface area contributed by atoms with Gasteiger partial charge in [-0.05, 0) is 37.5 Å². The molecule has 0 fully saturated rings. The molecular formula is C13H20. The van der Waals surface area contributed by atoms with Crippen molar-refractivity contribution in [1.82, 2.24) is 0 Å². The molecule has 0 amide bonds. The van der Waals surface area contributed by atoms with E-state index in [0.29, 0.717) is 0 Å². The second kappa shape index (κ2) is 6.47. The van der Waals surface area contributed by atoms with Crippen molar-refractivity contribution in [2.75, 3.05) is 0 Å². The first-order chi connectivity index (χ1) is 6.25.